The van der Waals surface area contributed by atoms with Gasteiger partial charge in [-0.3, -0.25) is 0 Å². The van der Waals surface area contributed by atoms with Gasteiger partial charge in [-0.15, -0.1) is 0 Å². The molecule has 0 saturated heterocycles. The van der Waals surface area contributed by atoms with Crippen molar-refractivity contribution in [2.24, 2.45) is 15.9 Å². The molecule has 0 aromatic rings. The number of aliphatic hydroxyl groups excluding tert-OH is 1. The molecule has 1 rings (SSSR count). The Kier molecular flexibility index (Phi) is 11.4. The number of esters is 1. The Bertz CT molecular complexity index is 844. The number of carbonyl (C=O) groups excluding carboxylic acids is 3. The Morgan fingerprint density at radius 2 is 1.27 bits per heavy atom. The van der Waals surface area contributed by atoms with Gasteiger partial charge in [-0.1, -0.05) is 13.8 Å². The van der Waals surface area contributed by atoms with E-state index >= 15 is 0 Å². The quantitative estimate of drug-likeness (QED) is 0.387. The van der Waals surface area contributed by atoms with Gasteiger partial charge in [0.15, 0.2) is 6.04 Å². The van der Waals surface area contributed by atoms with E-state index in [1.165, 1.54) is 14.2 Å². The molecule has 4 atom stereocenters. The molecule has 1 N–H and O–H groups in total. The first-order chi connectivity index (χ1) is 16.9. The average molecular weight is 530 g/mol. The molecule has 2 amide bonds. The molecule has 0 radical (unpaired) electrons. The van der Waals surface area contributed by atoms with Crippen LogP contribution in [0.3, 0.4) is 0 Å². The lowest BCUT2D eigenvalue weighted by molar-refractivity contribution is -0.147. The summed E-state index contributed by atoms with van der Waals surface area (Å²) >= 11 is 0. The molecule has 0 aromatic heterocycles. The summed E-state index contributed by atoms with van der Waals surface area (Å²) in [5.74, 6) is -0.262. The Balaban J connectivity index is 3.29. The third kappa shape index (κ3) is 9.49. The molecule has 0 spiro atoms. The number of hydrogen-bond donors (Lipinski definition) is 1. The second kappa shape index (κ2) is 13.1. The monoisotopic (exact) mass is 529 g/mol. The minimum atomic E-state index is -1.44. The molecular weight excluding hydrogens is 486 g/mol. The molecule has 0 aliphatic carbocycles. The minimum absolute atomic E-state index is 0.0712. The SMILES string of the molecule is COC(=O)[C@H](CC[C@@H](O)[C@H]1N=C(OC)[C@H](C(C)C)N=C1OC)N(C(=O)OC(C)(C)C)C(=O)OC(C)(C)C. The number of aliphatic imine (C=N–C) groups is 2. The van der Waals surface area contributed by atoms with Crippen molar-refractivity contribution in [3.05, 3.63) is 0 Å². The number of imide groups is 1. The van der Waals surface area contributed by atoms with Gasteiger partial charge in [0.05, 0.1) is 27.4 Å². The Morgan fingerprint density at radius 1 is 0.838 bits per heavy atom. The summed E-state index contributed by atoms with van der Waals surface area (Å²) in [5, 5.41) is 11.0. The summed E-state index contributed by atoms with van der Waals surface area (Å²) < 4.78 is 26.4. The Labute approximate surface area is 219 Å². The van der Waals surface area contributed by atoms with E-state index in [0.29, 0.717) is 10.8 Å². The van der Waals surface area contributed by atoms with E-state index in [9.17, 15) is 19.5 Å². The molecule has 12 heteroatoms. The van der Waals surface area contributed by atoms with Gasteiger partial charge in [-0.25, -0.2) is 24.4 Å². The zero-order valence-electron chi connectivity index (χ0n) is 23.9. The van der Waals surface area contributed by atoms with E-state index in [1.54, 1.807) is 41.5 Å². The predicted octanol–water partition coefficient (Wildman–Crippen LogP) is 3.34. The van der Waals surface area contributed by atoms with Gasteiger partial charge in [-0.05, 0) is 60.3 Å². The van der Waals surface area contributed by atoms with Crippen LogP contribution in [0, 0.1) is 5.92 Å². The fraction of sp³-hybridized carbons (Fsp3) is 0.800. The Hall–Kier alpha value is -2.89. The lowest BCUT2D eigenvalue weighted by atomic mass is 9.98. The number of carbonyl (C=O) groups is 3. The maximum Gasteiger partial charge on any atom is 0.420 e. The fourth-order valence-electron chi connectivity index (χ4n) is 3.50. The van der Waals surface area contributed by atoms with Gasteiger partial charge in [0.2, 0.25) is 11.8 Å². The fourth-order valence-corrected chi connectivity index (χ4v) is 3.50. The highest BCUT2D eigenvalue weighted by atomic mass is 16.6. The van der Waals surface area contributed by atoms with Gasteiger partial charge in [0, 0.05) is 0 Å². The highest BCUT2D eigenvalue weighted by Crippen LogP contribution is 2.24. The van der Waals surface area contributed by atoms with Crippen molar-refractivity contribution in [1.82, 2.24) is 4.90 Å². The van der Waals surface area contributed by atoms with Gasteiger partial charge >= 0.3 is 18.2 Å². The van der Waals surface area contributed by atoms with Crippen LogP contribution in [0.25, 0.3) is 0 Å². The van der Waals surface area contributed by atoms with Crippen LogP contribution in [0.1, 0.15) is 68.2 Å². The standard InChI is InChI=1S/C25H43N3O9/c1-14(2)17-19(33-9)27-18(20(26-17)34-10)16(29)13-12-15(21(30)35-11)28(22(31)36-24(3,4)5)23(32)37-25(6,7)8/h14-18,29H,12-13H2,1-11H3/t15-,16+,17-,18+/m0/s1. The van der Waals surface area contributed by atoms with Crippen molar-refractivity contribution >= 4 is 30.0 Å². The topological polar surface area (TPSA) is 146 Å². The van der Waals surface area contributed by atoms with E-state index in [2.05, 4.69) is 9.98 Å². The summed E-state index contributed by atoms with van der Waals surface area (Å²) in [6, 6.07) is -2.73. The molecule has 37 heavy (non-hydrogen) atoms. The number of rotatable bonds is 7. The summed E-state index contributed by atoms with van der Waals surface area (Å²) in [7, 11) is 4.03. The van der Waals surface area contributed by atoms with Gasteiger partial charge < -0.3 is 28.8 Å². The average Bonchev–Trinajstić information content (AvgIpc) is 2.77. The molecule has 0 aromatic carbocycles. The van der Waals surface area contributed by atoms with Gasteiger partial charge in [-0.2, -0.15) is 4.90 Å². The lowest BCUT2D eigenvalue weighted by Crippen LogP contribution is -2.52. The molecule has 1 aliphatic heterocycles. The molecule has 0 unspecified atom stereocenters. The molecule has 1 heterocycles. The number of methoxy groups -OCH3 is 3. The van der Waals surface area contributed by atoms with E-state index in [4.69, 9.17) is 23.7 Å². The maximum absolute atomic E-state index is 13.0. The molecule has 0 saturated carbocycles. The second-order valence-corrected chi connectivity index (χ2v) is 11.0. The van der Waals surface area contributed by atoms with Crippen LogP contribution in [-0.4, -0.2) is 96.7 Å². The first kappa shape index (κ1) is 32.1. The second-order valence-electron chi connectivity index (χ2n) is 11.0. The third-order valence-electron chi connectivity index (χ3n) is 5.15. The van der Waals surface area contributed by atoms with Crippen molar-refractivity contribution in [1.29, 1.82) is 0 Å². The molecule has 1 aliphatic rings. The molecule has 0 bridgehead atoms. The highest BCUT2D eigenvalue weighted by molar-refractivity contribution is 5.95. The van der Waals surface area contributed by atoms with Crippen LogP contribution in [0.4, 0.5) is 9.59 Å². The van der Waals surface area contributed by atoms with Crippen LogP contribution < -0.4 is 0 Å². The van der Waals surface area contributed by atoms with E-state index in [-0.39, 0.29) is 30.7 Å². The summed E-state index contributed by atoms with van der Waals surface area (Å²) in [4.78, 5) is 48.4. The molecule has 0 fully saturated rings. The van der Waals surface area contributed by atoms with E-state index in [1.807, 2.05) is 13.8 Å². The highest BCUT2D eigenvalue weighted by Gasteiger charge is 2.42. The van der Waals surface area contributed by atoms with E-state index < -0.39 is 47.5 Å². The van der Waals surface area contributed by atoms with Crippen molar-refractivity contribution in [3.63, 3.8) is 0 Å². The van der Waals surface area contributed by atoms with Crippen LogP contribution >= 0.6 is 0 Å². The number of hydrogen-bond acceptors (Lipinski definition) is 11. The third-order valence-corrected chi connectivity index (χ3v) is 5.15. The number of ether oxygens (including phenoxy) is 5. The van der Waals surface area contributed by atoms with Gasteiger partial charge in [0.25, 0.3) is 0 Å². The van der Waals surface area contributed by atoms with Crippen LogP contribution in [0.5, 0.6) is 0 Å². The van der Waals surface area contributed by atoms with Gasteiger partial charge in [0.1, 0.15) is 23.3 Å². The maximum atomic E-state index is 13.0. The van der Waals surface area contributed by atoms with Crippen LogP contribution in [0.15, 0.2) is 9.98 Å². The summed E-state index contributed by atoms with van der Waals surface area (Å²) in [5.41, 5.74) is -1.91. The van der Waals surface area contributed by atoms with Crippen molar-refractivity contribution in [2.75, 3.05) is 21.3 Å². The Morgan fingerprint density at radius 3 is 1.65 bits per heavy atom. The first-order valence-electron chi connectivity index (χ1n) is 12.2. The zero-order chi connectivity index (χ0) is 28.7. The smallest absolute Gasteiger partial charge is 0.420 e. The predicted molar refractivity (Wildman–Crippen MR) is 137 cm³/mol. The first-order valence-corrected chi connectivity index (χ1v) is 12.2. The van der Waals surface area contributed by atoms with Crippen molar-refractivity contribution in [2.45, 2.75) is 104 Å². The number of aliphatic hydroxyl groups is 1. The zero-order valence-corrected chi connectivity index (χ0v) is 23.9. The molecule has 212 valence electrons. The van der Waals surface area contributed by atoms with Crippen LogP contribution in [0.2, 0.25) is 0 Å². The minimum Gasteiger partial charge on any atom is -0.483 e. The van der Waals surface area contributed by atoms with Crippen molar-refractivity contribution < 1.29 is 43.2 Å². The normalized spacial score (nSPS) is 19.7. The van der Waals surface area contributed by atoms with Crippen LogP contribution in [-0.2, 0) is 28.5 Å². The number of nitrogens with zero attached hydrogens (tertiary/aromatic N) is 3. The van der Waals surface area contributed by atoms with E-state index in [0.717, 1.165) is 7.11 Å². The van der Waals surface area contributed by atoms with Crippen molar-refractivity contribution in [3.8, 4) is 0 Å². The summed E-state index contributed by atoms with van der Waals surface area (Å²) in [6.07, 6.45) is -3.61. The number of amides is 2. The lowest BCUT2D eigenvalue weighted by Gasteiger charge is -2.33. The molecule has 12 nitrogen and oxygen atoms in total. The largest absolute Gasteiger partial charge is 0.483 e. The molecular formula is C25H43N3O9. The summed E-state index contributed by atoms with van der Waals surface area (Å²) in [6.45, 7) is 13.7.